The van der Waals surface area contributed by atoms with Gasteiger partial charge in [0, 0.05) is 5.69 Å². The summed E-state index contributed by atoms with van der Waals surface area (Å²) < 4.78 is 19.2. The van der Waals surface area contributed by atoms with Gasteiger partial charge in [0.2, 0.25) is 0 Å². The number of hydrogen-bond donors (Lipinski definition) is 1. The molecule has 0 bridgehead atoms. The molecule has 2 N–H and O–H groups in total. The van der Waals surface area contributed by atoms with Crippen LogP contribution in [0.1, 0.15) is 29.8 Å². The van der Waals surface area contributed by atoms with Crippen LogP contribution in [-0.2, 0) is 5.41 Å². The minimum absolute atomic E-state index is 0.0242. The number of methoxy groups -OCH3 is 1. The molecule has 0 aliphatic rings. The summed E-state index contributed by atoms with van der Waals surface area (Å²) in [5, 5.41) is 0. The zero-order valence-electron chi connectivity index (χ0n) is 12.3. The number of anilines is 1. The van der Waals surface area contributed by atoms with Crippen molar-refractivity contribution in [3.8, 4) is 5.75 Å². The van der Waals surface area contributed by atoms with Crippen LogP contribution >= 0.6 is 0 Å². The highest BCUT2D eigenvalue weighted by molar-refractivity contribution is 6.04. The molecule has 3 nitrogen and oxygen atoms in total. The summed E-state index contributed by atoms with van der Waals surface area (Å²) >= 11 is 0. The maximum absolute atomic E-state index is 14.3. The molecular weight excluding hydrogens is 269 g/mol. The predicted molar refractivity (Wildman–Crippen MR) is 81.2 cm³/mol. The highest BCUT2D eigenvalue weighted by atomic mass is 19.1. The molecule has 0 fully saturated rings. The number of hydrogen-bond acceptors (Lipinski definition) is 3. The van der Waals surface area contributed by atoms with Gasteiger partial charge < -0.3 is 10.5 Å². The molecule has 0 saturated heterocycles. The number of rotatable bonds is 4. The highest BCUT2D eigenvalue weighted by Gasteiger charge is 2.33. The summed E-state index contributed by atoms with van der Waals surface area (Å²) in [6, 6.07) is 11.6. The van der Waals surface area contributed by atoms with Gasteiger partial charge >= 0.3 is 0 Å². The normalized spacial score (nSPS) is 11.2. The Hall–Kier alpha value is -2.36. The smallest absolute Gasteiger partial charge is 0.175 e. The van der Waals surface area contributed by atoms with E-state index in [0.29, 0.717) is 5.69 Å². The lowest BCUT2D eigenvalue weighted by atomic mass is 9.78. The van der Waals surface area contributed by atoms with Crippen molar-refractivity contribution < 1.29 is 13.9 Å². The lowest BCUT2D eigenvalue weighted by Crippen LogP contribution is -2.30. The third kappa shape index (κ3) is 2.75. The second kappa shape index (κ2) is 5.56. The topological polar surface area (TPSA) is 52.3 Å². The molecule has 2 rings (SSSR count). The minimum atomic E-state index is -0.860. The Labute approximate surface area is 123 Å². The molecule has 0 aliphatic heterocycles. The Morgan fingerprint density at radius 2 is 1.76 bits per heavy atom. The van der Waals surface area contributed by atoms with E-state index in [-0.39, 0.29) is 17.1 Å². The Morgan fingerprint density at radius 1 is 1.14 bits per heavy atom. The van der Waals surface area contributed by atoms with Gasteiger partial charge in [-0.2, -0.15) is 0 Å². The number of benzene rings is 2. The first-order valence-electron chi connectivity index (χ1n) is 6.61. The molecule has 0 unspecified atom stereocenters. The lowest BCUT2D eigenvalue weighted by molar-refractivity contribution is 0.0903. The first-order valence-corrected chi connectivity index (χ1v) is 6.61. The standard InChI is InChI=1S/C17H18FNO2/c1-17(2,11-7-9-12(19)10-8-11)16(20)13-5-4-6-14(21-3)15(13)18/h4-10H,19H2,1-3H3. The number of ketones is 1. The maximum Gasteiger partial charge on any atom is 0.175 e. The van der Waals surface area contributed by atoms with Gasteiger partial charge in [-0.3, -0.25) is 4.79 Å². The molecule has 4 heteroatoms. The number of ether oxygens (including phenoxy) is 1. The summed E-state index contributed by atoms with van der Waals surface area (Å²) in [7, 11) is 1.37. The van der Waals surface area contributed by atoms with Crippen LogP contribution in [0.2, 0.25) is 0 Å². The van der Waals surface area contributed by atoms with Crippen molar-refractivity contribution in [3.63, 3.8) is 0 Å². The van der Waals surface area contributed by atoms with Crippen molar-refractivity contribution in [1.29, 1.82) is 0 Å². The molecule has 2 aromatic carbocycles. The minimum Gasteiger partial charge on any atom is -0.494 e. The van der Waals surface area contributed by atoms with Crippen LogP contribution in [-0.4, -0.2) is 12.9 Å². The molecule has 110 valence electrons. The number of nitrogen functional groups attached to an aromatic ring is 1. The number of carbonyl (C=O) groups is 1. The molecular formula is C17H18FNO2. The van der Waals surface area contributed by atoms with Gasteiger partial charge in [-0.25, -0.2) is 4.39 Å². The SMILES string of the molecule is COc1cccc(C(=O)C(C)(C)c2ccc(N)cc2)c1F. The van der Waals surface area contributed by atoms with E-state index in [0.717, 1.165) is 5.56 Å². The summed E-state index contributed by atoms with van der Waals surface area (Å²) in [6.07, 6.45) is 0. The van der Waals surface area contributed by atoms with Crippen LogP contribution in [0, 0.1) is 5.82 Å². The predicted octanol–water partition coefficient (Wildman–Crippen LogP) is 3.58. The first-order chi connectivity index (χ1) is 9.87. The quantitative estimate of drug-likeness (QED) is 0.690. The fourth-order valence-corrected chi connectivity index (χ4v) is 2.21. The van der Waals surface area contributed by atoms with E-state index < -0.39 is 11.2 Å². The number of Topliss-reactive ketones (excluding diaryl/α,β-unsaturated/α-hetero) is 1. The zero-order chi connectivity index (χ0) is 15.6. The van der Waals surface area contributed by atoms with E-state index in [9.17, 15) is 9.18 Å². The van der Waals surface area contributed by atoms with Gasteiger partial charge in [-0.05, 0) is 43.7 Å². The molecule has 0 heterocycles. The molecule has 0 saturated carbocycles. The van der Waals surface area contributed by atoms with E-state index >= 15 is 0 Å². The van der Waals surface area contributed by atoms with E-state index in [2.05, 4.69) is 0 Å². The molecule has 0 aromatic heterocycles. The average Bonchev–Trinajstić information content (AvgIpc) is 2.47. The average molecular weight is 287 g/mol. The molecule has 0 spiro atoms. The largest absolute Gasteiger partial charge is 0.494 e. The summed E-state index contributed by atoms with van der Waals surface area (Å²) in [5.74, 6) is -0.869. The first kappa shape index (κ1) is 15.0. The molecule has 0 amide bonds. The fourth-order valence-electron chi connectivity index (χ4n) is 2.21. The zero-order valence-corrected chi connectivity index (χ0v) is 12.3. The van der Waals surface area contributed by atoms with Crippen LogP contribution in [0.5, 0.6) is 5.75 Å². The number of halogens is 1. The van der Waals surface area contributed by atoms with Crippen molar-refractivity contribution >= 4 is 11.5 Å². The molecule has 0 atom stereocenters. The van der Waals surface area contributed by atoms with Crippen LogP contribution in [0.4, 0.5) is 10.1 Å². The number of nitrogens with two attached hydrogens (primary N) is 1. The monoisotopic (exact) mass is 287 g/mol. The Bertz CT molecular complexity index is 663. The van der Waals surface area contributed by atoms with Crippen molar-refractivity contribution in [1.82, 2.24) is 0 Å². The van der Waals surface area contributed by atoms with Crippen molar-refractivity contribution in [3.05, 3.63) is 59.4 Å². The van der Waals surface area contributed by atoms with Gasteiger partial charge in [-0.15, -0.1) is 0 Å². The van der Waals surface area contributed by atoms with E-state index in [1.807, 2.05) is 0 Å². The second-order valence-corrected chi connectivity index (χ2v) is 5.40. The van der Waals surface area contributed by atoms with Gasteiger partial charge in [0.1, 0.15) is 0 Å². The van der Waals surface area contributed by atoms with Crippen LogP contribution in [0.25, 0.3) is 0 Å². The highest BCUT2D eigenvalue weighted by Crippen LogP contribution is 2.31. The van der Waals surface area contributed by atoms with Crippen LogP contribution < -0.4 is 10.5 Å². The van der Waals surface area contributed by atoms with E-state index in [4.69, 9.17) is 10.5 Å². The summed E-state index contributed by atoms with van der Waals surface area (Å²) in [4.78, 5) is 12.7. The van der Waals surface area contributed by atoms with Crippen molar-refractivity contribution in [2.45, 2.75) is 19.3 Å². The maximum atomic E-state index is 14.3. The van der Waals surface area contributed by atoms with E-state index in [1.165, 1.54) is 19.2 Å². The van der Waals surface area contributed by atoms with E-state index in [1.54, 1.807) is 44.2 Å². The third-order valence-corrected chi connectivity index (χ3v) is 3.63. The summed E-state index contributed by atoms with van der Waals surface area (Å²) in [6.45, 7) is 3.53. The second-order valence-electron chi connectivity index (χ2n) is 5.40. The summed E-state index contributed by atoms with van der Waals surface area (Å²) in [5.41, 5.74) is 6.22. The Morgan fingerprint density at radius 3 is 2.33 bits per heavy atom. The van der Waals surface area contributed by atoms with Crippen LogP contribution in [0.3, 0.4) is 0 Å². The van der Waals surface area contributed by atoms with Gasteiger partial charge in [0.15, 0.2) is 17.3 Å². The lowest BCUT2D eigenvalue weighted by Gasteiger charge is -2.24. The van der Waals surface area contributed by atoms with Gasteiger partial charge in [0.05, 0.1) is 18.1 Å². The molecule has 0 aliphatic carbocycles. The molecule has 2 aromatic rings. The molecule has 21 heavy (non-hydrogen) atoms. The van der Waals surface area contributed by atoms with Gasteiger partial charge in [-0.1, -0.05) is 18.2 Å². The molecule has 0 radical (unpaired) electrons. The third-order valence-electron chi connectivity index (χ3n) is 3.63. The van der Waals surface area contributed by atoms with Crippen LogP contribution in [0.15, 0.2) is 42.5 Å². The van der Waals surface area contributed by atoms with Gasteiger partial charge in [0.25, 0.3) is 0 Å². The Balaban J connectivity index is 2.45. The van der Waals surface area contributed by atoms with Crippen molar-refractivity contribution in [2.75, 3.05) is 12.8 Å². The number of carbonyl (C=O) groups excluding carboxylic acids is 1. The Kier molecular flexibility index (Phi) is 3.98. The fraction of sp³-hybridized carbons (Fsp3) is 0.235. The van der Waals surface area contributed by atoms with Crippen molar-refractivity contribution in [2.24, 2.45) is 0 Å².